The molecule has 9 aromatic carbocycles. The number of benzene rings is 9. The summed E-state index contributed by atoms with van der Waals surface area (Å²) in [6, 6.07) is 79.3. The van der Waals surface area contributed by atoms with Crippen molar-refractivity contribution in [2.24, 2.45) is 0 Å². The molecule has 0 saturated heterocycles. The van der Waals surface area contributed by atoms with Crippen LogP contribution in [-0.2, 0) is 0 Å². The van der Waals surface area contributed by atoms with Crippen molar-refractivity contribution < 1.29 is 9.39 Å². The predicted molar refractivity (Wildman–Crippen MR) is 247 cm³/mol. The maximum atomic E-state index is 7.28. The van der Waals surface area contributed by atoms with Crippen LogP contribution in [0.3, 0.4) is 0 Å². The van der Waals surface area contributed by atoms with Crippen molar-refractivity contribution in [3.63, 3.8) is 0 Å². The Balaban J connectivity index is 1.04. The van der Waals surface area contributed by atoms with E-state index in [1.165, 1.54) is 37.1 Å². The van der Waals surface area contributed by atoms with Gasteiger partial charge >= 0.3 is 6.92 Å². The molecule has 59 heavy (non-hydrogen) atoms. The Labute approximate surface area is 344 Å². The minimum atomic E-state index is -2.82. The Morgan fingerprint density at radius 2 is 0.983 bits per heavy atom. The quantitative estimate of drug-likeness (QED) is 0.125. The molecule has 0 aliphatic carbocycles. The second-order valence-corrected chi connectivity index (χ2v) is 19.3. The lowest BCUT2D eigenvalue weighted by Crippen LogP contribution is -2.75. The van der Waals surface area contributed by atoms with Gasteiger partial charge in [0.15, 0.2) is 8.07 Å². The molecule has 12 rings (SSSR count). The molecule has 5 heteroatoms. The zero-order chi connectivity index (χ0) is 38.9. The third-order valence-corrected chi connectivity index (χ3v) is 17.3. The van der Waals surface area contributed by atoms with Crippen molar-refractivity contribution in [1.82, 2.24) is 4.57 Å². The van der Waals surface area contributed by atoms with Crippen LogP contribution in [0, 0.1) is 0 Å². The van der Waals surface area contributed by atoms with E-state index in [9.17, 15) is 0 Å². The van der Waals surface area contributed by atoms with Gasteiger partial charge in [-0.3, -0.25) is 0 Å². The van der Waals surface area contributed by atoms with Crippen LogP contribution in [0.4, 0.5) is 0 Å². The first-order chi connectivity index (χ1) is 29.3. The SMILES string of the molecule is c1ccc([Si](c2ccccc2)(c2ccccc2)c2ccccc2-c2ccc3c(c2)OB2c4cccc(-n5c6ccccc6c6ccccc65)c4Oc4cccc-3c42)cc1. The maximum Gasteiger partial charge on any atom is 0.434 e. The van der Waals surface area contributed by atoms with E-state index in [1.807, 2.05) is 0 Å². The lowest BCUT2D eigenvalue weighted by atomic mass is 9.51. The number of ether oxygens (including phenoxy) is 1. The molecule has 3 heterocycles. The van der Waals surface area contributed by atoms with Gasteiger partial charge in [-0.15, -0.1) is 0 Å². The number of aromatic nitrogens is 1. The number of hydrogen-bond acceptors (Lipinski definition) is 2. The average Bonchev–Trinajstić information content (AvgIpc) is 3.64. The Kier molecular flexibility index (Phi) is 7.65. The highest BCUT2D eigenvalue weighted by atomic mass is 28.3. The van der Waals surface area contributed by atoms with Gasteiger partial charge in [0, 0.05) is 27.3 Å². The van der Waals surface area contributed by atoms with E-state index >= 15 is 0 Å². The number of fused-ring (bicyclic) bond motifs is 7. The molecular weight excluding hydrogens is 733 g/mol. The summed E-state index contributed by atoms with van der Waals surface area (Å²) < 4.78 is 16.6. The number of nitrogens with zero attached hydrogens (tertiary/aromatic N) is 1. The molecule has 3 nitrogen and oxygen atoms in total. The number of hydrogen-bond donors (Lipinski definition) is 0. The highest BCUT2D eigenvalue weighted by Gasteiger charge is 2.44. The second kappa shape index (κ2) is 13.4. The lowest BCUT2D eigenvalue weighted by Gasteiger charge is -2.36. The van der Waals surface area contributed by atoms with Crippen LogP contribution >= 0.6 is 0 Å². The summed E-state index contributed by atoms with van der Waals surface area (Å²) in [5.41, 5.74) is 9.93. The molecule has 1 aromatic heterocycles. The van der Waals surface area contributed by atoms with E-state index in [0.717, 1.165) is 61.6 Å². The van der Waals surface area contributed by atoms with Gasteiger partial charge in [-0.1, -0.05) is 188 Å². The fourth-order valence-electron chi connectivity index (χ4n) is 9.97. The summed E-state index contributed by atoms with van der Waals surface area (Å²) in [6.07, 6.45) is 0. The summed E-state index contributed by atoms with van der Waals surface area (Å²) >= 11 is 0. The Morgan fingerprint density at radius 1 is 0.424 bits per heavy atom. The van der Waals surface area contributed by atoms with Gasteiger partial charge in [-0.05, 0) is 67.8 Å². The molecule has 0 bridgehead atoms. The first-order valence-corrected chi connectivity index (χ1v) is 22.3. The zero-order valence-electron chi connectivity index (χ0n) is 32.1. The molecule has 10 aromatic rings. The van der Waals surface area contributed by atoms with E-state index < -0.39 is 8.07 Å². The zero-order valence-corrected chi connectivity index (χ0v) is 33.1. The Hall–Kier alpha value is -7.34. The van der Waals surface area contributed by atoms with Crippen LogP contribution in [0.15, 0.2) is 218 Å². The summed E-state index contributed by atoms with van der Waals surface area (Å²) in [6.45, 7) is -0.345. The van der Waals surface area contributed by atoms with Crippen molar-refractivity contribution in [1.29, 1.82) is 0 Å². The van der Waals surface area contributed by atoms with Gasteiger partial charge in [0.1, 0.15) is 17.2 Å². The third kappa shape index (κ3) is 5.02. The molecule has 276 valence electrons. The molecule has 2 aliphatic rings. The first kappa shape index (κ1) is 33.8. The normalized spacial score (nSPS) is 12.6. The maximum absolute atomic E-state index is 7.28. The van der Waals surface area contributed by atoms with Gasteiger partial charge < -0.3 is 14.0 Å². The molecule has 0 amide bonds. The standard InChI is InChI=1S/C54H36BNO2Si/c1-4-18-38(19-5-1)59(39-20-6-2-7-21-39,40-22-8-3-9-23-40)52-33-15-12-24-41(52)37-34-35-44-45-27-16-32-50-53(45)55(58-51(44)36-37)46-28-17-31-49(54(46)57-50)56-47-29-13-10-25-42(47)43-26-11-14-30-48(43)56/h1-36H. The molecule has 2 aliphatic heterocycles. The van der Waals surface area contributed by atoms with Crippen LogP contribution in [0.1, 0.15) is 0 Å². The summed E-state index contributed by atoms with van der Waals surface area (Å²) in [4.78, 5) is 0. The van der Waals surface area contributed by atoms with Crippen LogP contribution in [0.2, 0.25) is 0 Å². The van der Waals surface area contributed by atoms with Gasteiger partial charge in [-0.2, -0.15) is 0 Å². The summed E-state index contributed by atoms with van der Waals surface area (Å²) in [5, 5.41) is 7.81. The first-order valence-electron chi connectivity index (χ1n) is 20.3. The van der Waals surface area contributed by atoms with Crippen molar-refractivity contribution in [2.75, 3.05) is 0 Å². The van der Waals surface area contributed by atoms with Gasteiger partial charge in [-0.25, -0.2) is 0 Å². The molecule has 0 unspecified atom stereocenters. The van der Waals surface area contributed by atoms with E-state index in [1.54, 1.807) is 0 Å². The topological polar surface area (TPSA) is 23.4 Å². The smallest absolute Gasteiger partial charge is 0.434 e. The Bertz CT molecular complexity index is 3090. The summed E-state index contributed by atoms with van der Waals surface area (Å²) in [7, 11) is -2.82. The molecule has 0 fully saturated rings. The minimum absolute atomic E-state index is 0.345. The van der Waals surface area contributed by atoms with Gasteiger partial charge in [0.2, 0.25) is 0 Å². The number of para-hydroxylation sites is 3. The summed E-state index contributed by atoms with van der Waals surface area (Å²) in [5.74, 6) is 2.52. The van der Waals surface area contributed by atoms with Crippen LogP contribution in [0.25, 0.3) is 49.7 Å². The molecule has 0 radical (unpaired) electrons. The molecule has 0 saturated carbocycles. The monoisotopic (exact) mass is 769 g/mol. The third-order valence-electron chi connectivity index (χ3n) is 12.4. The van der Waals surface area contributed by atoms with Crippen LogP contribution in [-0.4, -0.2) is 19.6 Å². The number of rotatable bonds is 6. The van der Waals surface area contributed by atoms with E-state index in [4.69, 9.17) is 9.39 Å². The Morgan fingerprint density at radius 3 is 1.64 bits per heavy atom. The van der Waals surface area contributed by atoms with Crippen molar-refractivity contribution >= 4 is 68.5 Å². The average molecular weight is 770 g/mol. The minimum Gasteiger partial charge on any atom is -0.551 e. The van der Waals surface area contributed by atoms with Crippen molar-refractivity contribution in [3.8, 4) is 45.2 Å². The van der Waals surface area contributed by atoms with Gasteiger partial charge in [0.25, 0.3) is 0 Å². The fourth-order valence-corrected chi connectivity index (χ4v) is 15.0. The van der Waals surface area contributed by atoms with Crippen LogP contribution < -0.4 is 41.1 Å². The lowest BCUT2D eigenvalue weighted by molar-refractivity contribution is 0.477. The van der Waals surface area contributed by atoms with Crippen molar-refractivity contribution in [3.05, 3.63) is 218 Å². The fraction of sp³-hybridized carbons (Fsp3) is 0. The highest BCUT2D eigenvalue weighted by Crippen LogP contribution is 2.43. The molecule has 0 N–H and O–H groups in total. The van der Waals surface area contributed by atoms with Crippen LogP contribution in [0.5, 0.6) is 17.2 Å². The van der Waals surface area contributed by atoms with E-state index in [2.05, 4.69) is 223 Å². The molecule has 0 spiro atoms. The highest BCUT2D eigenvalue weighted by molar-refractivity contribution is 7.20. The largest absolute Gasteiger partial charge is 0.551 e. The van der Waals surface area contributed by atoms with E-state index in [0.29, 0.717) is 0 Å². The second-order valence-electron chi connectivity index (χ2n) is 15.5. The van der Waals surface area contributed by atoms with Crippen molar-refractivity contribution in [2.45, 2.75) is 0 Å². The van der Waals surface area contributed by atoms with Gasteiger partial charge in [0.05, 0.1) is 16.7 Å². The predicted octanol–water partition coefficient (Wildman–Crippen LogP) is 9.10. The molecule has 0 atom stereocenters. The molecular formula is C54H36BNO2Si. The van der Waals surface area contributed by atoms with E-state index in [-0.39, 0.29) is 6.92 Å².